The molecule has 0 spiro atoms. The summed E-state index contributed by atoms with van der Waals surface area (Å²) >= 11 is 3.40. The van der Waals surface area contributed by atoms with E-state index in [1.165, 1.54) is 0 Å². The van der Waals surface area contributed by atoms with Crippen molar-refractivity contribution in [2.45, 2.75) is 19.4 Å². The summed E-state index contributed by atoms with van der Waals surface area (Å²) in [5.41, 5.74) is 0.940. The van der Waals surface area contributed by atoms with E-state index < -0.39 is 0 Å². The highest BCUT2D eigenvalue weighted by atomic mass is 79.9. The fraction of sp³-hybridized carbons (Fsp3) is 0.571. The maximum absolute atomic E-state index is 10.3. The number of phenolic OH excluding ortho intramolecular Hbond substituents is 1. The van der Waals surface area contributed by atoms with Crippen molar-refractivity contribution in [3.05, 3.63) is 22.2 Å². The monoisotopic (exact) mass is 328 g/mol. The van der Waals surface area contributed by atoms with Gasteiger partial charge in [0.1, 0.15) is 11.5 Å². The summed E-state index contributed by atoms with van der Waals surface area (Å²) in [6, 6.07) is 3.97. The van der Waals surface area contributed by atoms with Gasteiger partial charge in [-0.1, -0.05) is 6.92 Å². The number of ether oxygens (including phenoxy) is 1. The molecule has 0 unspecified atom stereocenters. The molecular weight excluding hydrogens is 308 g/mol. The molecule has 0 aliphatic carbocycles. The quantitative estimate of drug-likeness (QED) is 0.891. The molecule has 1 aliphatic heterocycles. The van der Waals surface area contributed by atoms with E-state index in [0.717, 1.165) is 43.9 Å². The largest absolute Gasteiger partial charge is 0.506 e. The third kappa shape index (κ3) is 3.22. The zero-order chi connectivity index (χ0) is 13.8. The first-order chi connectivity index (χ1) is 9.17. The average Bonchev–Trinajstić information content (AvgIpc) is 2.45. The minimum atomic E-state index is 0.230. The Morgan fingerprint density at radius 1 is 1.42 bits per heavy atom. The molecule has 2 rings (SSSR count). The van der Waals surface area contributed by atoms with Gasteiger partial charge in [-0.15, -0.1) is 0 Å². The third-order valence-corrected chi connectivity index (χ3v) is 4.24. The minimum Gasteiger partial charge on any atom is -0.506 e. The second-order valence-electron chi connectivity index (χ2n) is 4.76. The standard InChI is InChI=1S/C14H21BrN2O2/c1-3-13(17-6-4-16-5-7-17)11-8-10(19-2)9-12(15)14(11)18/h8-9,13,16,18H,3-7H2,1-2H3/t13-/m0/s1. The van der Waals surface area contributed by atoms with Crippen LogP contribution in [0.25, 0.3) is 0 Å². The van der Waals surface area contributed by atoms with Gasteiger partial charge in [-0.3, -0.25) is 4.90 Å². The number of aromatic hydroxyl groups is 1. The van der Waals surface area contributed by atoms with Crippen molar-refractivity contribution < 1.29 is 9.84 Å². The van der Waals surface area contributed by atoms with Crippen LogP contribution in [0, 0.1) is 0 Å². The molecule has 1 atom stereocenters. The average molecular weight is 329 g/mol. The van der Waals surface area contributed by atoms with Crippen molar-refractivity contribution in [1.29, 1.82) is 0 Å². The van der Waals surface area contributed by atoms with Crippen LogP contribution < -0.4 is 10.1 Å². The molecule has 0 bridgehead atoms. The van der Waals surface area contributed by atoms with Crippen LogP contribution in [0.5, 0.6) is 11.5 Å². The first-order valence-corrected chi connectivity index (χ1v) is 7.47. The predicted octanol–water partition coefficient (Wildman–Crippen LogP) is 2.52. The summed E-state index contributed by atoms with van der Waals surface area (Å²) in [6.45, 7) is 6.17. The highest BCUT2D eigenvalue weighted by Gasteiger charge is 2.24. The predicted molar refractivity (Wildman–Crippen MR) is 79.8 cm³/mol. The molecule has 19 heavy (non-hydrogen) atoms. The first kappa shape index (κ1) is 14.6. The molecule has 1 saturated heterocycles. The highest BCUT2D eigenvalue weighted by Crippen LogP contribution is 2.39. The number of benzene rings is 1. The van der Waals surface area contributed by atoms with Gasteiger partial charge in [-0.2, -0.15) is 0 Å². The normalized spacial score (nSPS) is 18.3. The Balaban J connectivity index is 2.33. The smallest absolute Gasteiger partial charge is 0.134 e. The van der Waals surface area contributed by atoms with Crippen LogP contribution in [0.3, 0.4) is 0 Å². The lowest BCUT2D eigenvalue weighted by Crippen LogP contribution is -2.45. The molecular formula is C14H21BrN2O2. The molecule has 1 heterocycles. The van der Waals surface area contributed by atoms with Crippen molar-refractivity contribution in [1.82, 2.24) is 10.2 Å². The molecule has 2 N–H and O–H groups in total. The van der Waals surface area contributed by atoms with Gasteiger partial charge in [0.05, 0.1) is 11.6 Å². The van der Waals surface area contributed by atoms with Gasteiger partial charge in [0.25, 0.3) is 0 Å². The molecule has 0 amide bonds. The second kappa shape index (κ2) is 6.59. The molecule has 0 aromatic heterocycles. The molecule has 106 valence electrons. The topological polar surface area (TPSA) is 44.7 Å². The lowest BCUT2D eigenvalue weighted by Gasteiger charge is -2.35. The first-order valence-electron chi connectivity index (χ1n) is 6.68. The number of rotatable bonds is 4. The minimum absolute atomic E-state index is 0.230. The number of methoxy groups -OCH3 is 1. The van der Waals surface area contributed by atoms with Crippen molar-refractivity contribution in [2.24, 2.45) is 0 Å². The highest BCUT2D eigenvalue weighted by molar-refractivity contribution is 9.10. The number of hydrogen-bond acceptors (Lipinski definition) is 4. The van der Waals surface area contributed by atoms with Crippen LogP contribution >= 0.6 is 15.9 Å². The SMILES string of the molecule is CC[C@@H](c1cc(OC)cc(Br)c1O)N1CCNCC1. The molecule has 4 nitrogen and oxygen atoms in total. The summed E-state index contributed by atoms with van der Waals surface area (Å²) in [4.78, 5) is 2.41. The van der Waals surface area contributed by atoms with Gasteiger partial charge in [0, 0.05) is 37.8 Å². The fourth-order valence-corrected chi connectivity index (χ4v) is 3.09. The maximum Gasteiger partial charge on any atom is 0.134 e. The Hall–Kier alpha value is -0.780. The van der Waals surface area contributed by atoms with Crippen LogP contribution in [0.15, 0.2) is 16.6 Å². The molecule has 1 aromatic rings. The molecule has 1 fully saturated rings. The van der Waals surface area contributed by atoms with Crippen molar-refractivity contribution in [2.75, 3.05) is 33.3 Å². The number of nitrogens with zero attached hydrogens (tertiary/aromatic N) is 1. The number of hydrogen-bond donors (Lipinski definition) is 2. The van der Waals surface area contributed by atoms with E-state index in [4.69, 9.17) is 4.74 Å². The zero-order valence-electron chi connectivity index (χ0n) is 11.4. The van der Waals surface area contributed by atoms with Gasteiger partial charge < -0.3 is 15.2 Å². The summed E-state index contributed by atoms with van der Waals surface area (Å²) in [7, 11) is 1.65. The van der Waals surface area contributed by atoms with E-state index >= 15 is 0 Å². The Bertz CT molecular complexity index is 434. The maximum atomic E-state index is 10.3. The summed E-state index contributed by atoms with van der Waals surface area (Å²) in [6.07, 6.45) is 0.965. The lowest BCUT2D eigenvalue weighted by atomic mass is 10.0. The van der Waals surface area contributed by atoms with Crippen LogP contribution in [0.2, 0.25) is 0 Å². The third-order valence-electron chi connectivity index (χ3n) is 3.64. The van der Waals surface area contributed by atoms with Crippen LogP contribution in [-0.4, -0.2) is 43.3 Å². The number of phenols is 1. The van der Waals surface area contributed by atoms with Gasteiger partial charge in [-0.05, 0) is 34.5 Å². The molecule has 1 aliphatic rings. The van der Waals surface area contributed by atoms with E-state index in [1.54, 1.807) is 13.2 Å². The Kier molecular flexibility index (Phi) is 5.07. The number of halogens is 1. The summed E-state index contributed by atoms with van der Waals surface area (Å²) in [5, 5.41) is 13.7. The van der Waals surface area contributed by atoms with Gasteiger partial charge in [0.2, 0.25) is 0 Å². The number of nitrogens with one attached hydrogen (secondary N) is 1. The van der Waals surface area contributed by atoms with E-state index in [9.17, 15) is 5.11 Å². The Morgan fingerprint density at radius 2 is 2.11 bits per heavy atom. The van der Waals surface area contributed by atoms with E-state index in [2.05, 4.69) is 33.1 Å². The number of piperazine rings is 1. The van der Waals surface area contributed by atoms with E-state index in [-0.39, 0.29) is 6.04 Å². The summed E-state index contributed by atoms with van der Waals surface area (Å²) < 4.78 is 5.99. The molecule has 5 heteroatoms. The Labute approximate surface area is 122 Å². The fourth-order valence-electron chi connectivity index (χ4n) is 2.63. The van der Waals surface area contributed by atoms with Gasteiger partial charge >= 0.3 is 0 Å². The van der Waals surface area contributed by atoms with Crippen molar-refractivity contribution in [3.63, 3.8) is 0 Å². The molecule has 1 aromatic carbocycles. The van der Waals surface area contributed by atoms with Crippen LogP contribution in [-0.2, 0) is 0 Å². The van der Waals surface area contributed by atoms with E-state index in [0.29, 0.717) is 10.2 Å². The van der Waals surface area contributed by atoms with Gasteiger partial charge in [-0.25, -0.2) is 0 Å². The zero-order valence-corrected chi connectivity index (χ0v) is 13.0. The molecule has 0 saturated carbocycles. The van der Waals surface area contributed by atoms with Crippen molar-refractivity contribution >= 4 is 15.9 Å². The van der Waals surface area contributed by atoms with Gasteiger partial charge in [0.15, 0.2) is 0 Å². The lowest BCUT2D eigenvalue weighted by molar-refractivity contribution is 0.166. The Morgan fingerprint density at radius 3 is 2.68 bits per heavy atom. The van der Waals surface area contributed by atoms with E-state index in [1.807, 2.05) is 6.07 Å². The second-order valence-corrected chi connectivity index (χ2v) is 5.61. The molecule has 0 radical (unpaired) electrons. The summed E-state index contributed by atoms with van der Waals surface area (Å²) in [5.74, 6) is 1.10. The van der Waals surface area contributed by atoms with Crippen LogP contribution in [0.1, 0.15) is 24.9 Å². The van der Waals surface area contributed by atoms with Crippen LogP contribution in [0.4, 0.5) is 0 Å². The van der Waals surface area contributed by atoms with Crippen molar-refractivity contribution in [3.8, 4) is 11.5 Å².